The molecule has 7 heteroatoms. The van der Waals surface area contributed by atoms with E-state index in [0.29, 0.717) is 16.7 Å². The highest BCUT2D eigenvalue weighted by Gasteiger charge is 2.22. The molecule has 0 saturated heterocycles. The molecule has 0 aliphatic heterocycles. The lowest BCUT2D eigenvalue weighted by atomic mass is 10.1. The van der Waals surface area contributed by atoms with E-state index in [1.165, 1.54) is 16.7 Å². The van der Waals surface area contributed by atoms with Gasteiger partial charge in [0.25, 0.3) is 5.56 Å². The summed E-state index contributed by atoms with van der Waals surface area (Å²) in [7, 11) is 1.80. The fourth-order valence-corrected chi connectivity index (χ4v) is 4.60. The standard InChI is InChI=1S/C26H21ClFN3O2/c1-15-7-10-17(11-8-15)31-25(32)24-23(18-13-16(2)9-12-22(18)29(24)3)30(26(31)33)14-19-20(27)5-4-6-21(19)28/h4-13H,14H2,1-3H3. The van der Waals surface area contributed by atoms with Crippen LogP contribution in [0.25, 0.3) is 27.6 Å². The molecule has 2 heterocycles. The van der Waals surface area contributed by atoms with Gasteiger partial charge in [-0.2, -0.15) is 0 Å². The van der Waals surface area contributed by atoms with Crippen molar-refractivity contribution < 1.29 is 4.39 Å². The molecule has 0 amide bonds. The zero-order valence-electron chi connectivity index (χ0n) is 18.4. The quantitative estimate of drug-likeness (QED) is 0.375. The second-order valence-corrected chi connectivity index (χ2v) is 8.73. The normalized spacial score (nSPS) is 11.5. The summed E-state index contributed by atoms with van der Waals surface area (Å²) in [6.07, 6.45) is 0. The van der Waals surface area contributed by atoms with Crippen LogP contribution >= 0.6 is 11.6 Å². The molecular weight excluding hydrogens is 441 g/mol. The molecule has 5 aromatic rings. The molecule has 5 nitrogen and oxygen atoms in total. The van der Waals surface area contributed by atoms with E-state index in [0.717, 1.165) is 26.6 Å². The lowest BCUT2D eigenvalue weighted by Gasteiger charge is -2.15. The van der Waals surface area contributed by atoms with Crippen molar-refractivity contribution in [1.82, 2.24) is 13.7 Å². The molecule has 33 heavy (non-hydrogen) atoms. The number of halogens is 2. The second kappa shape index (κ2) is 7.74. The number of fused-ring (bicyclic) bond motifs is 3. The van der Waals surface area contributed by atoms with Crippen LogP contribution in [0.4, 0.5) is 4.39 Å². The minimum Gasteiger partial charge on any atom is -0.338 e. The predicted octanol–water partition coefficient (Wildman–Crippen LogP) is 5.10. The van der Waals surface area contributed by atoms with Crippen molar-refractivity contribution in [1.29, 1.82) is 0 Å². The Bertz CT molecular complexity index is 1660. The number of benzene rings is 3. The van der Waals surface area contributed by atoms with Crippen molar-refractivity contribution in [3.63, 3.8) is 0 Å². The zero-order valence-corrected chi connectivity index (χ0v) is 19.2. The van der Waals surface area contributed by atoms with Gasteiger partial charge in [0.1, 0.15) is 11.3 Å². The van der Waals surface area contributed by atoms with Crippen molar-refractivity contribution in [3.05, 3.63) is 109 Å². The Morgan fingerprint density at radius 1 is 0.909 bits per heavy atom. The lowest BCUT2D eigenvalue weighted by molar-refractivity contribution is 0.594. The van der Waals surface area contributed by atoms with Crippen LogP contribution in [0.15, 0.2) is 70.3 Å². The van der Waals surface area contributed by atoms with Crippen LogP contribution in [-0.4, -0.2) is 13.7 Å². The summed E-state index contributed by atoms with van der Waals surface area (Å²) in [6.45, 7) is 3.77. The van der Waals surface area contributed by atoms with Crippen LogP contribution < -0.4 is 11.2 Å². The predicted molar refractivity (Wildman–Crippen MR) is 130 cm³/mol. The molecule has 0 radical (unpaired) electrons. The van der Waals surface area contributed by atoms with Crippen LogP contribution in [0.5, 0.6) is 0 Å². The molecule has 0 aliphatic carbocycles. The molecule has 0 aliphatic rings. The molecular formula is C26H21ClFN3O2. The van der Waals surface area contributed by atoms with Crippen LogP contribution in [-0.2, 0) is 13.6 Å². The topological polar surface area (TPSA) is 48.9 Å². The van der Waals surface area contributed by atoms with E-state index in [4.69, 9.17) is 11.6 Å². The first-order valence-corrected chi connectivity index (χ1v) is 10.9. The summed E-state index contributed by atoms with van der Waals surface area (Å²) in [5.41, 5.74) is 3.30. The highest BCUT2D eigenvalue weighted by molar-refractivity contribution is 6.31. The number of aryl methyl sites for hydroxylation is 3. The maximum atomic E-state index is 14.7. The van der Waals surface area contributed by atoms with Crippen LogP contribution in [0.2, 0.25) is 5.02 Å². The van der Waals surface area contributed by atoms with Gasteiger partial charge < -0.3 is 4.57 Å². The summed E-state index contributed by atoms with van der Waals surface area (Å²) in [4.78, 5) is 27.5. The molecule has 5 rings (SSSR count). The number of aromatic nitrogens is 3. The van der Waals surface area contributed by atoms with Crippen molar-refractivity contribution >= 4 is 33.5 Å². The minimum absolute atomic E-state index is 0.111. The Balaban J connectivity index is 1.96. The molecule has 0 saturated carbocycles. The number of hydrogen-bond donors (Lipinski definition) is 0. The lowest BCUT2D eigenvalue weighted by Crippen LogP contribution is -2.39. The maximum absolute atomic E-state index is 14.7. The summed E-state index contributed by atoms with van der Waals surface area (Å²) < 4.78 is 19.1. The van der Waals surface area contributed by atoms with Gasteiger partial charge in [-0.3, -0.25) is 9.36 Å². The molecule has 0 N–H and O–H groups in total. The van der Waals surface area contributed by atoms with Gasteiger partial charge in [0, 0.05) is 23.0 Å². The van der Waals surface area contributed by atoms with E-state index in [-0.39, 0.29) is 17.1 Å². The Kier molecular flexibility index (Phi) is 4.98. The molecule has 2 aromatic heterocycles. The zero-order chi connectivity index (χ0) is 23.4. The maximum Gasteiger partial charge on any atom is 0.336 e. The molecule has 166 valence electrons. The van der Waals surface area contributed by atoms with E-state index in [2.05, 4.69) is 0 Å². The highest BCUT2D eigenvalue weighted by atomic mass is 35.5. The molecule has 0 fully saturated rings. The van der Waals surface area contributed by atoms with Crippen molar-refractivity contribution in [2.24, 2.45) is 7.05 Å². The van der Waals surface area contributed by atoms with Crippen molar-refractivity contribution in [2.75, 3.05) is 0 Å². The first-order valence-electron chi connectivity index (χ1n) is 10.5. The van der Waals surface area contributed by atoms with E-state index < -0.39 is 17.1 Å². The molecule has 0 spiro atoms. The Hall–Kier alpha value is -3.64. The largest absolute Gasteiger partial charge is 0.338 e. The molecule has 0 atom stereocenters. The van der Waals surface area contributed by atoms with Gasteiger partial charge in [-0.05, 0) is 50.2 Å². The highest BCUT2D eigenvalue weighted by Crippen LogP contribution is 2.28. The van der Waals surface area contributed by atoms with Gasteiger partial charge in [0.2, 0.25) is 0 Å². The van der Waals surface area contributed by atoms with Crippen LogP contribution in [0.3, 0.4) is 0 Å². The molecule has 0 bridgehead atoms. The Labute approximate surface area is 193 Å². The average Bonchev–Trinajstić information content (AvgIpc) is 3.06. The molecule has 0 unspecified atom stereocenters. The summed E-state index contributed by atoms with van der Waals surface area (Å²) in [5.74, 6) is -0.507. The number of hydrogen-bond acceptors (Lipinski definition) is 2. The Morgan fingerprint density at radius 2 is 1.61 bits per heavy atom. The second-order valence-electron chi connectivity index (χ2n) is 8.32. The van der Waals surface area contributed by atoms with E-state index in [1.54, 1.807) is 29.8 Å². The van der Waals surface area contributed by atoms with Gasteiger partial charge in [-0.25, -0.2) is 13.8 Å². The average molecular weight is 462 g/mol. The Morgan fingerprint density at radius 3 is 2.30 bits per heavy atom. The third-order valence-electron chi connectivity index (χ3n) is 6.10. The first kappa shape index (κ1) is 21.2. The van der Waals surface area contributed by atoms with Crippen LogP contribution in [0.1, 0.15) is 16.7 Å². The fraction of sp³-hybridized carbons (Fsp3) is 0.154. The monoisotopic (exact) mass is 461 g/mol. The minimum atomic E-state index is -0.551. The SMILES string of the molecule is Cc1ccc(-n2c(=O)c3c(c4cc(C)ccc4n3C)n(Cc3c(F)cccc3Cl)c2=O)cc1. The van der Waals surface area contributed by atoms with E-state index in [1.807, 2.05) is 44.2 Å². The third kappa shape index (κ3) is 3.29. The van der Waals surface area contributed by atoms with Gasteiger partial charge in [-0.15, -0.1) is 0 Å². The molecule has 3 aromatic carbocycles. The van der Waals surface area contributed by atoms with Gasteiger partial charge in [0.05, 0.1) is 23.3 Å². The van der Waals surface area contributed by atoms with Crippen LogP contribution in [0, 0.1) is 19.7 Å². The number of rotatable bonds is 3. The van der Waals surface area contributed by atoms with E-state index in [9.17, 15) is 14.0 Å². The van der Waals surface area contributed by atoms with Gasteiger partial charge >= 0.3 is 5.69 Å². The van der Waals surface area contributed by atoms with Crippen molar-refractivity contribution in [2.45, 2.75) is 20.4 Å². The fourth-order valence-electron chi connectivity index (χ4n) is 4.38. The summed E-state index contributed by atoms with van der Waals surface area (Å²) in [5, 5.41) is 0.977. The van der Waals surface area contributed by atoms with Crippen molar-refractivity contribution in [3.8, 4) is 5.69 Å². The first-order chi connectivity index (χ1) is 15.8. The summed E-state index contributed by atoms with van der Waals surface area (Å²) in [6, 6.07) is 17.4. The summed E-state index contributed by atoms with van der Waals surface area (Å²) >= 11 is 6.31. The third-order valence-corrected chi connectivity index (χ3v) is 6.45. The van der Waals surface area contributed by atoms with Gasteiger partial charge in [0.15, 0.2) is 0 Å². The van der Waals surface area contributed by atoms with Gasteiger partial charge in [-0.1, -0.05) is 47.0 Å². The van der Waals surface area contributed by atoms with E-state index >= 15 is 0 Å². The number of nitrogens with zero attached hydrogens (tertiary/aromatic N) is 3. The smallest absolute Gasteiger partial charge is 0.336 e.